The standard InChI is InChI=1S/C14H21N3O3/c1-11(18)17(10-9-15-14(19)20-4)13-7-5-12(6-8-13)16(2)3/h5-8H,9-10H2,1-4H3,(H,15,19). The summed E-state index contributed by atoms with van der Waals surface area (Å²) in [5, 5.41) is 2.55. The number of hydrogen-bond donors (Lipinski definition) is 1. The van der Waals surface area contributed by atoms with Crippen molar-refractivity contribution in [2.75, 3.05) is 44.1 Å². The molecule has 110 valence electrons. The molecule has 0 radical (unpaired) electrons. The molecule has 0 bridgehead atoms. The first-order valence-electron chi connectivity index (χ1n) is 6.33. The lowest BCUT2D eigenvalue weighted by Crippen LogP contribution is -2.37. The molecule has 0 aromatic heterocycles. The Kier molecular flexibility index (Phi) is 5.83. The molecule has 0 aliphatic rings. The SMILES string of the molecule is COC(=O)NCCN(C(C)=O)c1ccc(N(C)C)cc1. The number of methoxy groups -OCH3 is 1. The van der Waals surface area contributed by atoms with Crippen molar-refractivity contribution in [3.63, 3.8) is 0 Å². The van der Waals surface area contributed by atoms with Gasteiger partial charge in [0.05, 0.1) is 7.11 Å². The van der Waals surface area contributed by atoms with E-state index in [9.17, 15) is 9.59 Å². The summed E-state index contributed by atoms with van der Waals surface area (Å²) in [5.74, 6) is -0.0748. The normalized spacial score (nSPS) is 9.80. The van der Waals surface area contributed by atoms with Gasteiger partial charge in [0.2, 0.25) is 5.91 Å². The third-order valence-corrected chi connectivity index (χ3v) is 2.85. The lowest BCUT2D eigenvalue weighted by molar-refractivity contribution is -0.116. The van der Waals surface area contributed by atoms with Crippen molar-refractivity contribution in [1.29, 1.82) is 0 Å². The molecule has 0 aliphatic carbocycles. The Hall–Kier alpha value is -2.24. The lowest BCUT2D eigenvalue weighted by Gasteiger charge is -2.22. The zero-order chi connectivity index (χ0) is 15.1. The summed E-state index contributed by atoms with van der Waals surface area (Å²) in [6.45, 7) is 2.23. The zero-order valence-corrected chi connectivity index (χ0v) is 12.3. The van der Waals surface area contributed by atoms with Gasteiger partial charge in [-0.05, 0) is 24.3 Å². The lowest BCUT2D eigenvalue weighted by atomic mass is 10.2. The highest BCUT2D eigenvalue weighted by Gasteiger charge is 2.11. The van der Waals surface area contributed by atoms with Crippen molar-refractivity contribution in [1.82, 2.24) is 5.32 Å². The van der Waals surface area contributed by atoms with Crippen LogP contribution in [0.15, 0.2) is 24.3 Å². The molecule has 20 heavy (non-hydrogen) atoms. The number of amides is 2. The number of anilines is 2. The van der Waals surface area contributed by atoms with Crippen LogP contribution in [0, 0.1) is 0 Å². The Morgan fingerprint density at radius 1 is 1.15 bits per heavy atom. The quantitative estimate of drug-likeness (QED) is 0.886. The minimum atomic E-state index is -0.503. The molecule has 6 nitrogen and oxygen atoms in total. The van der Waals surface area contributed by atoms with Gasteiger partial charge in [0.15, 0.2) is 0 Å². The van der Waals surface area contributed by atoms with Crippen LogP contribution in [0.5, 0.6) is 0 Å². The van der Waals surface area contributed by atoms with E-state index in [0.29, 0.717) is 13.1 Å². The molecule has 1 aromatic carbocycles. The summed E-state index contributed by atoms with van der Waals surface area (Å²) in [4.78, 5) is 26.3. The minimum absolute atomic E-state index is 0.0748. The molecule has 0 unspecified atom stereocenters. The number of nitrogens with one attached hydrogen (secondary N) is 1. The number of alkyl carbamates (subject to hydrolysis) is 1. The van der Waals surface area contributed by atoms with Crippen LogP contribution in [0.25, 0.3) is 0 Å². The van der Waals surface area contributed by atoms with E-state index in [2.05, 4.69) is 10.1 Å². The van der Waals surface area contributed by atoms with Gasteiger partial charge in [0, 0.05) is 45.5 Å². The van der Waals surface area contributed by atoms with Crippen LogP contribution in [0.2, 0.25) is 0 Å². The Labute approximate surface area is 119 Å². The van der Waals surface area contributed by atoms with E-state index in [4.69, 9.17) is 0 Å². The molecule has 0 spiro atoms. The number of ether oxygens (including phenoxy) is 1. The van der Waals surface area contributed by atoms with Gasteiger partial charge in [-0.15, -0.1) is 0 Å². The minimum Gasteiger partial charge on any atom is -0.453 e. The largest absolute Gasteiger partial charge is 0.453 e. The van der Waals surface area contributed by atoms with Gasteiger partial charge in [-0.1, -0.05) is 0 Å². The summed E-state index contributed by atoms with van der Waals surface area (Å²) in [7, 11) is 5.22. The Morgan fingerprint density at radius 3 is 2.15 bits per heavy atom. The maximum absolute atomic E-state index is 11.7. The average molecular weight is 279 g/mol. The monoisotopic (exact) mass is 279 g/mol. The summed E-state index contributed by atoms with van der Waals surface area (Å²) < 4.78 is 4.48. The van der Waals surface area contributed by atoms with Gasteiger partial charge in [-0.2, -0.15) is 0 Å². The second-order valence-electron chi connectivity index (χ2n) is 4.50. The molecule has 6 heteroatoms. The van der Waals surface area contributed by atoms with Crippen molar-refractivity contribution >= 4 is 23.4 Å². The number of carbonyl (C=O) groups is 2. The number of benzene rings is 1. The smallest absolute Gasteiger partial charge is 0.406 e. The second kappa shape index (κ2) is 7.37. The summed E-state index contributed by atoms with van der Waals surface area (Å²) in [6.07, 6.45) is -0.503. The summed E-state index contributed by atoms with van der Waals surface area (Å²) in [5.41, 5.74) is 1.86. The second-order valence-corrected chi connectivity index (χ2v) is 4.50. The molecular weight excluding hydrogens is 258 g/mol. The number of carbonyl (C=O) groups excluding carboxylic acids is 2. The maximum Gasteiger partial charge on any atom is 0.406 e. The predicted molar refractivity (Wildman–Crippen MR) is 79.2 cm³/mol. The number of hydrogen-bond acceptors (Lipinski definition) is 4. The van der Waals surface area contributed by atoms with Gasteiger partial charge < -0.3 is 19.9 Å². The van der Waals surface area contributed by atoms with E-state index in [1.165, 1.54) is 14.0 Å². The van der Waals surface area contributed by atoms with E-state index >= 15 is 0 Å². The molecule has 0 fully saturated rings. The van der Waals surface area contributed by atoms with Crippen molar-refractivity contribution in [3.05, 3.63) is 24.3 Å². The van der Waals surface area contributed by atoms with Crippen LogP contribution in [0.1, 0.15) is 6.92 Å². The highest BCUT2D eigenvalue weighted by atomic mass is 16.5. The van der Waals surface area contributed by atoms with Crippen LogP contribution in [0.3, 0.4) is 0 Å². The van der Waals surface area contributed by atoms with Crippen LogP contribution >= 0.6 is 0 Å². The number of rotatable bonds is 5. The first-order chi connectivity index (χ1) is 9.45. The first kappa shape index (κ1) is 15.8. The van der Waals surface area contributed by atoms with Crippen LogP contribution in [-0.2, 0) is 9.53 Å². The van der Waals surface area contributed by atoms with Gasteiger partial charge in [-0.3, -0.25) is 4.79 Å². The van der Waals surface area contributed by atoms with Crippen LogP contribution in [-0.4, -0.2) is 46.3 Å². The molecule has 2 amide bonds. The van der Waals surface area contributed by atoms with E-state index in [0.717, 1.165) is 11.4 Å². The molecule has 0 saturated carbocycles. The molecule has 0 atom stereocenters. The number of nitrogens with zero attached hydrogens (tertiary/aromatic N) is 2. The third-order valence-electron chi connectivity index (χ3n) is 2.85. The molecular formula is C14H21N3O3. The Morgan fingerprint density at radius 2 is 1.70 bits per heavy atom. The van der Waals surface area contributed by atoms with Crippen molar-refractivity contribution in [2.24, 2.45) is 0 Å². The summed E-state index contributed by atoms with van der Waals surface area (Å²) in [6, 6.07) is 7.65. The van der Waals surface area contributed by atoms with E-state index in [-0.39, 0.29) is 5.91 Å². The molecule has 1 aromatic rings. The van der Waals surface area contributed by atoms with Gasteiger partial charge in [0.1, 0.15) is 0 Å². The molecule has 1 rings (SSSR count). The Bertz CT molecular complexity index is 457. The van der Waals surface area contributed by atoms with Crippen LogP contribution < -0.4 is 15.1 Å². The van der Waals surface area contributed by atoms with Crippen molar-refractivity contribution in [3.8, 4) is 0 Å². The van der Waals surface area contributed by atoms with Crippen molar-refractivity contribution < 1.29 is 14.3 Å². The molecule has 0 heterocycles. The van der Waals surface area contributed by atoms with Gasteiger partial charge in [-0.25, -0.2) is 4.79 Å². The fourth-order valence-electron chi connectivity index (χ4n) is 1.74. The summed E-state index contributed by atoms with van der Waals surface area (Å²) >= 11 is 0. The topological polar surface area (TPSA) is 61.9 Å². The first-order valence-corrected chi connectivity index (χ1v) is 6.33. The third kappa shape index (κ3) is 4.46. The zero-order valence-electron chi connectivity index (χ0n) is 12.3. The molecule has 0 saturated heterocycles. The fourth-order valence-corrected chi connectivity index (χ4v) is 1.74. The highest BCUT2D eigenvalue weighted by Crippen LogP contribution is 2.19. The fraction of sp³-hybridized carbons (Fsp3) is 0.429. The van der Waals surface area contributed by atoms with Crippen LogP contribution in [0.4, 0.5) is 16.2 Å². The Balaban J connectivity index is 2.70. The highest BCUT2D eigenvalue weighted by molar-refractivity contribution is 5.91. The molecule has 0 aliphatic heterocycles. The van der Waals surface area contributed by atoms with Crippen molar-refractivity contribution in [2.45, 2.75) is 6.92 Å². The van der Waals surface area contributed by atoms with E-state index < -0.39 is 6.09 Å². The van der Waals surface area contributed by atoms with E-state index in [1.807, 2.05) is 43.3 Å². The average Bonchev–Trinajstić information content (AvgIpc) is 2.43. The maximum atomic E-state index is 11.7. The molecule has 1 N–H and O–H groups in total. The predicted octanol–water partition coefficient (Wildman–Crippen LogP) is 1.46. The van der Waals surface area contributed by atoms with Gasteiger partial charge in [0.25, 0.3) is 0 Å². The van der Waals surface area contributed by atoms with E-state index in [1.54, 1.807) is 4.90 Å². The van der Waals surface area contributed by atoms with Gasteiger partial charge >= 0.3 is 6.09 Å².